The highest BCUT2D eigenvalue weighted by Gasteiger charge is 2.26. The fourth-order valence-electron chi connectivity index (χ4n) is 2.05. The molecule has 0 bridgehead atoms. The maximum Gasteiger partial charge on any atom is 0.0903 e. The lowest BCUT2D eigenvalue weighted by Gasteiger charge is -2.27. The molecule has 1 heteroatoms. The van der Waals surface area contributed by atoms with Crippen LogP contribution in [-0.4, -0.2) is 5.11 Å². The van der Waals surface area contributed by atoms with Gasteiger partial charge in [0, 0.05) is 12.0 Å². The minimum absolute atomic E-state index is 0.719. The first kappa shape index (κ1) is 14.8. The van der Waals surface area contributed by atoms with Crippen LogP contribution in [0.25, 0.3) is 0 Å². The number of benzene rings is 1. The third-order valence-electron chi connectivity index (χ3n) is 3.48. The van der Waals surface area contributed by atoms with Gasteiger partial charge < -0.3 is 5.11 Å². The zero-order valence-electron chi connectivity index (χ0n) is 11.8. The molecule has 1 rings (SSSR count). The predicted molar refractivity (Wildman–Crippen MR) is 77.3 cm³/mol. The molecule has 1 aromatic carbocycles. The van der Waals surface area contributed by atoms with Crippen molar-refractivity contribution in [1.82, 2.24) is 0 Å². The molecule has 98 valence electrons. The van der Waals surface area contributed by atoms with E-state index < -0.39 is 5.60 Å². The molecule has 1 nitrogen and oxygen atoms in total. The van der Waals surface area contributed by atoms with E-state index in [1.165, 1.54) is 6.42 Å². The van der Waals surface area contributed by atoms with E-state index in [2.05, 4.69) is 18.8 Å². The van der Waals surface area contributed by atoms with Gasteiger partial charge in [0.05, 0.1) is 5.60 Å². The average Bonchev–Trinajstić information content (AvgIpc) is 2.43. The lowest BCUT2D eigenvalue weighted by atomic mass is 9.85. The number of aliphatic hydroxyl groups is 1. The van der Waals surface area contributed by atoms with Gasteiger partial charge in [0.1, 0.15) is 0 Å². The molecule has 0 radical (unpaired) electrons. The quantitative estimate of drug-likeness (QED) is 0.607. The summed E-state index contributed by atoms with van der Waals surface area (Å²) in [7, 11) is 0. The second-order valence-corrected chi connectivity index (χ2v) is 4.69. The smallest absolute Gasteiger partial charge is 0.0903 e. The molecule has 0 heterocycles. The van der Waals surface area contributed by atoms with Crippen molar-refractivity contribution in [3.05, 3.63) is 35.4 Å². The third-order valence-corrected chi connectivity index (χ3v) is 3.48. The molecular weight excluding hydrogens is 220 g/mol. The Labute approximate surface area is 111 Å². The molecule has 0 aromatic heterocycles. The molecule has 18 heavy (non-hydrogen) atoms. The topological polar surface area (TPSA) is 20.2 Å². The highest BCUT2D eigenvalue weighted by Crippen LogP contribution is 2.30. The van der Waals surface area contributed by atoms with Crippen LogP contribution in [0, 0.1) is 11.8 Å². The summed E-state index contributed by atoms with van der Waals surface area (Å²) in [6.45, 7) is 6.21. The molecule has 1 aromatic rings. The van der Waals surface area contributed by atoms with Crippen molar-refractivity contribution in [2.24, 2.45) is 0 Å². The van der Waals surface area contributed by atoms with Crippen LogP contribution in [0.2, 0.25) is 0 Å². The Kier molecular flexibility index (Phi) is 5.95. The zero-order chi connectivity index (χ0) is 13.4. The average molecular weight is 244 g/mol. The Morgan fingerprint density at radius 2 is 1.78 bits per heavy atom. The summed E-state index contributed by atoms with van der Waals surface area (Å²) in [5.74, 6) is 6.41. The fourth-order valence-corrected chi connectivity index (χ4v) is 2.05. The lowest BCUT2D eigenvalue weighted by Crippen LogP contribution is -2.24. The number of hydrogen-bond acceptors (Lipinski definition) is 1. The minimum atomic E-state index is -0.740. The lowest BCUT2D eigenvalue weighted by molar-refractivity contribution is 0.0281. The highest BCUT2D eigenvalue weighted by molar-refractivity contribution is 5.44. The van der Waals surface area contributed by atoms with E-state index in [-0.39, 0.29) is 0 Å². The maximum atomic E-state index is 10.6. The largest absolute Gasteiger partial charge is 0.385 e. The normalized spacial score (nSPS) is 10.9. The molecule has 1 N–H and O–H groups in total. The summed E-state index contributed by atoms with van der Waals surface area (Å²) < 4.78 is 0. The molecule has 0 unspecified atom stereocenters. The van der Waals surface area contributed by atoms with Gasteiger partial charge in [-0.25, -0.2) is 0 Å². The van der Waals surface area contributed by atoms with Crippen LogP contribution in [0.3, 0.4) is 0 Å². The molecule has 0 aliphatic rings. The SMILES string of the molecule is CCCCC#Cc1ccccc1C(O)(CC)CC. The third kappa shape index (κ3) is 3.62. The summed E-state index contributed by atoms with van der Waals surface area (Å²) in [6.07, 6.45) is 4.68. The van der Waals surface area contributed by atoms with E-state index in [4.69, 9.17) is 0 Å². The van der Waals surface area contributed by atoms with Gasteiger partial charge >= 0.3 is 0 Å². The predicted octanol–water partition coefficient (Wildman–Crippen LogP) is 4.24. The van der Waals surface area contributed by atoms with E-state index in [0.29, 0.717) is 0 Å². The van der Waals surface area contributed by atoms with Gasteiger partial charge in [-0.15, -0.1) is 0 Å². The Hall–Kier alpha value is -1.26. The summed E-state index contributed by atoms with van der Waals surface area (Å²) in [4.78, 5) is 0. The molecular formula is C17H24O. The van der Waals surface area contributed by atoms with Crippen LogP contribution in [0.5, 0.6) is 0 Å². The molecule has 0 aliphatic carbocycles. The van der Waals surface area contributed by atoms with Crippen molar-refractivity contribution < 1.29 is 5.11 Å². The van der Waals surface area contributed by atoms with Crippen molar-refractivity contribution >= 4 is 0 Å². The first-order valence-corrected chi connectivity index (χ1v) is 6.98. The number of rotatable bonds is 5. The highest BCUT2D eigenvalue weighted by atomic mass is 16.3. The second kappa shape index (κ2) is 7.24. The van der Waals surface area contributed by atoms with Crippen molar-refractivity contribution in [1.29, 1.82) is 0 Å². The van der Waals surface area contributed by atoms with Crippen molar-refractivity contribution in [2.75, 3.05) is 0 Å². The molecule has 0 saturated carbocycles. The number of unbranched alkanes of at least 4 members (excludes halogenated alkanes) is 2. The Morgan fingerprint density at radius 1 is 1.11 bits per heavy atom. The second-order valence-electron chi connectivity index (χ2n) is 4.69. The van der Waals surface area contributed by atoms with Crippen LogP contribution in [-0.2, 0) is 5.60 Å². The molecule has 0 aliphatic heterocycles. The van der Waals surface area contributed by atoms with E-state index in [1.807, 2.05) is 38.1 Å². The van der Waals surface area contributed by atoms with Crippen molar-refractivity contribution in [3.8, 4) is 11.8 Å². The molecule has 0 fully saturated rings. The van der Waals surface area contributed by atoms with Gasteiger partial charge in [0.25, 0.3) is 0 Å². The molecule has 0 spiro atoms. The van der Waals surface area contributed by atoms with Crippen molar-refractivity contribution in [2.45, 2.75) is 58.5 Å². The molecule has 0 amide bonds. The summed E-state index contributed by atoms with van der Waals surface area (Å²) in [6, 6.07) is 7.96. The van der Waals surface area contributed by atoms with Gasteiger partial charge in [0.2, 0.25) is 0 Å². The first-order chi connectivity index (χ1) is 8.68. The maximum absolute atomic E-state index is 10.6. The first-order valence-electron chi connectivity index (χ1n) is 6.98. The van der Waals surface area contributed by atoms with Gasteiger partial charge in [-0.2, -0.15) is 0 Å². The van der Waals surface area contributed by atoms with E-state index >= 15 is 0 Å². The van der Waals surface area contributed by atoms with Gasteiger partial charge in [-0.3, -0.25) is 0 Å². The van der Waals surface area contributed by atoms with E-state index in [0.717, 1.165) is 36.8 Å². The minimum Gasteiger partial charge on any atom is -0.385 e. The van der Waals surface area contributed by atoms with Crippen molar-refractivity contribution in [3.63, 3.8) is 0 Å². The monoisotopic (exact) mass is 244 g/mol. The number of hydrogen-bond donors (Lipinski definition) is 1. The van der Waals surface area contributed by atoms with Gasteiger partial charge in [-0.05, 0) is 30.9 Å². The summed E-state index contributed by atoms with van der Waals surface area (Å²) in [5, 5.41) is 10.6. The Balaban J connectivity index is 3.01. The van der Waals surface area contributed by atoms with Gasteiger partial charge in [-0.1, -0.05) is 57.2 Å². The fraction of sp³-hybridized carbons (Fsp3) is 0.529. The standard InChI is InChI=1S/C17H24O/c1-4-7-8-9-12-15-13-10-11-14-16(15)17(18,5-2)6-3/h10-11,13-14,18H,4-8H2,1-3H3. The van der Waals surface area contributed by atoms with E-state index in [9.17, 15) is 5.11 Å². The van der Waals surface area contributed by atoms with Gasteiger partial charge in [0.15, 0.2) is 0 Å². The Morgan fingerprint density at radius 3 is 2.39 bits per heavy atom. The summed E-state index contributed by atoms with van der Waals surface area (Å²) in [5.41, 5.74) is 1.20. The summed E-state index contributed by atoms with van der Waals surface area (Å²) >= 11 is 0. The molecule has 0 atom stereocenters. The molecule has 0 saturated heterocycles. The van der Waals surface area contributed by atoms with E-state index in [1.54, 1.807) is 0 Å². The van der Waals surface area contributed by atoms with Crippen LogP contribution in [0.15, 0.2) is 24.3 Å². The van der Waals surface area contributed by atoms with Crippen LogP contribution in [0.1, 0.15) is 64.0 Å². The van der Waals surface area contributed by atoms with Crippen LogP contribution < -0.4 is 0 Å². The van der Waals surface area contributed by atoms with Crippen LogP contribution >= 0.6 is 0 Å². The van der Waals surface area contributed by atoms with Crippen LogP contribution in [0.4, 0.5) is 0 Å². The zero-order valence-corrected chi connectivity index (χ0v) is 11.8. The Bertz CT molecular complexity index is 419.